The van der Waals surface area contributed by atoms with E-state index in [0.717, 1.165) is 12.0 Å². The van der Waals surface area contributed by atoms with Crippen molar-refractivity contribution in [3.8, 4) is 0 Å². The maximum Gasteiger partial charge on any atom is 0.328 e. The van der Waals surface area contributed by atoms with Gasteiger partial charge in [-0.15, -0.1) is 0 Å². The summed E-state index contributed by atoms with van der Waals surface area (Å²) in [5, 5.41) is 2.67. The average molecular weight is 317 g/mol. The van der Waals surface area contributed by atoms with Crippen LogP contribution >= 0.6 is 0 Å². The Kier molecular flexibility index (Phi) is 5.93. The molecule has 23 heavy (non-hydrogen) atoms. The number of nitrogens with one attached hydrogen (secondary N) is 1. The minimum absolute atomic E-state index is 0.0496. The summed E-state index contributed by atoms with van der Waals surface area (Å²) >= 11 is 0. The molecule has 1 N–H and O–H groups in total. The number of hydrogen-bond acceptors (Lipinski definition) is 4. The molecule has 0 fully saturated rings. The van der Waals surface area contributed by atoms with Gasteiger partial charge in [-0.25, -0.2) is 4.79 Å². The standard InChI is InChI=1S/C18H23NO4/c1-12(2)17(18(21)22-3)19-16(20)9-8-15-14-7-5-4-6-13(14)10-11-23-15/h4-9,12,15,17H,10-11H2,1-3H3,(H,19,20)/b9-8+/t15-,17-/m0/s1. The van der Waals surface area contributed by atoms with E-state index in [4.69, 9.17) is 9.47 Å². The van der Waals surface area contributed by atoms with Crippen LogP contribution in [-0.2, 0) is 25.5 Å². The molecule has 0 unspecified atom stereocenters. The van der Waals surface area contributed by atoms with Gasteiger partial charge in [0, 0.05) is 6.08 Å². The van der Waals surface area contributed by atoms with E-state index in [2.05, 4.69) is 11.4 Å². The van der Waals surface area contributed by atoms with E-state index in [1.807, 2.05) is 32.0 Å². The van der Waals surface area contributed by atoms with E-state index in [0.29, 0.717) is 6.61 Å². The zero-order valence-corrected chi connectivity index (χ0v) is 13.7. The first kappa shape index (κ1) is 17.2. The summed E-state index contributed by atoms with van der Waals surface area (Å²) in [6, 6.07) is 7.39. The van der Waals surface area contributed by atoms with Crippen LogP contribution in [-0.4, -0.2) is 31.6 Å². The molecule has 5 nitrogen and oxygen atoms in total. The Morgan fingerprint density at radius 3 is 2.78 bits per heavy atom. The smallest absolute Gasteiger partial charge is 0.328 e. The molecule has 0 aromatic heterocycles. The van der Waals surface area contributed by atoms with E-state index in [9.17, 15) is 9.59 Å². The molecular formula is C18H23NO4. The van der Waals surface area contributed by atoms with Crippen LogP contribution in [0.25, 0.3) is 0 Å². The van der Waals surface area contributed by atoms with Gasteiger partial charge in [0.1, 0.15) is 12.1 Å². The molecule has 1 aliphatic heterocycles. The quantitative estimate of drug-likeness (QED) is 0.668. The Morgan fingerprint density at radius 1 is 1.35 bits per heavy atom. The monoisotopic (exact) mass is 317 g/mol. The highest BCUT2D eigenvalue weighted by Gasteiger charge is 2.24. The molecule has 1 aliphatic rings. The molecule has 0 saturated carbocycles. The first-order chi connectivity index (χ1) is 11.0. The Labute approximate surface area is 136 Å². The van der Waals surface area contributed by atoms with Gasteiger partial charge >= 0.3 is 5.97 Å². The van der Waals surface area contributed by atoms with Crippen molar-refractivity contribution in [2.45, 2.75) is 32.4 Å². The van der Waals surface area contributed by atoms with E-state index in [1.165, 1.54) is 18.7 Å². The summed E-state index contributed by atoms with van der Waals surface area (Å²) in [7, 11) is 1.31. The molecule has 0 spiro atoms. The number of methoxy groups -OCH3 is 1. The van der Waals surface area contributed by atoms with Crippen molar-refractivity contribution in [1.29, 1.82) is 0 Å². The van der Waals surface area contributed by atoms with Crippen molar-refractivity contribution in [3.63, 3.8) is 0 Å². The second-order valence-electron chi connectivity index (χ2n) is 5.85. The number of benzene rings is 1. The molecule has 0 radical (unpaired) electrons. The fraction of sp³-hybridized carbons (Fsp3) is 0.444. The van der Waals surface area contributed by atoms with Gasteiger partial charge in [0.15, 0.2) is 0 Å². The number of carbonyl (C=O) groups excluding carboxylic acids is 2. The number of fused-ring (bicyclic) bond motifs is 1. The summed E-state index contributed by atoms with van der Waals surface area (Å²) in [5.74, 6) is -0.826. The fourth-order valence-corrected chi connectivity index (χ4v) is 2.59. The van der Waals surface area contributed by atoms with Gasteiger partial charge in [-0.05, 0) is 29.5 Å². The summed E-state index contributed by atoms with van der Waals surface area (Å²) < 4.78 is 10.4. The van der Waals surface area contributed by atoms with Crippen LogP contribution in [0.3, 0.4) is 0 Å². The molecule has 1 aromatic rings. The lowest BCUT2D eigenvalue weighted by atomic mass is 9.97. The first-order valence-electron chi connectivity index (χ1n) is 7.79. The van der Waals surface area contributed by atoms with Gasteiger partial charge in [-0.3, -0.25) is 4.79 Å². The van der Waals surface area contributed by atoms with Crippen LogP contribution in [0.1, 0.15) is 31.1 Å². The first-order valence-corrected chi connectivity index (χ1v) is 7.79. The van der Waals surface area contributed by atoms with Crippen LogP contribution in [0, 0.1) is 5.92 Å². The van der Waals surface area contributed by atoms with Crippen LogP contribution in [0.15, 0.2) is 36.4 Å². The third kappa shape index (κ3) is 4.42. The van der Waals surface area contributed by atoms with Gasteiger partial charge in [0.05, 0.1) is 13.7 Å². The van der Waals surface area contributed by atoms with Crippen molar-refractivity contribution in [3.05, 3.63) is 47.5 Å². The lowest BCUT2D eigenvalue weighted by Crippen LogP contribution is -2.44. The van der Waals surface area contributed by atoms with Gasteiger partial charge in [0.2, 0.25) is 5.91 Å². The predicted octanol–water partition coefficient (Wildman–Crippen LogP) is 2.17. The number of esters is 1. The number of amides is 1. The van der Waals surface area contributed by atoms with Gasteiger partial charge in [-0.2, -0.15) is 0 Å². The van der Waals surface area contributed by atoms with Crippen molar-refractivity contribution in [2.75, 3.05) is 13.7 Å². The molecule has 1 amide bonds. The normalized spacial score (nSPS) is 18.5. The number of ether oxygens (including phenoxy) is 2. The van der Waals surface area contributed by atoms with Crippen LogP contribution < -0.4 is 5.32 Å². The SMILES string of the molecule is COC(=O)[C@@H](NC(=O)/C=C/[C@@H]1OCCc2ccccc21)C(C)C. The van der Waals surface area contributed by atoms with Crippen molar-refractivity contribution < 1.29 is 19.1 Å². The largest absolute Gasteiger partial charge is 0.467 e. The molecule has 0 bridgehead atoms. The molecule has 0 saturated heterocycles. The van der Waals surface area contributed by atoms with Gasteiger partial charge in [0.25, 0.3) is 0 Å². The summed E-state index contributed by atoms with van der Waals surface area (Å²) in [5.41, 5.74) is 2.32. The molecule has 2 rings (SSSR count). The predicted molar refractivity (Wildman–Crippen MR) is 86.8 cm³/mol. The highest BCUT2D eigenvalue weighted by molar-refractivity contribution is 5.91. The van der Waals surface area contributed by atoms with Crippen molar-refractivity contribution >= 4 is 11.9 Å². The summed E-state index contributed by atoms with van der Waals surface area (Å²) in [6.07, 6.45) is 3.79. The second kappa shape index (κ2) is 7.92. The lowest BCUT2D eigenvalue weighted by molar-refractivity contribution is -0.145. The number of hydrogen-bond donors (Lipinski definition) is 1. The lowest BCUT2D eigenvalue weighted by Gasteiger charge is -2.23. The Bertz CT molecular complexity index is 594. The van der Waals surface area contributed by atoms with Crippen LogP contribution in [0.4, 0.5) is 0 Å². The summed E-state index contributed by atoms with van der Waals surface area (Å²) in [6.45, 7) is 4.34. The Hall–Kier alpha value is -2.14. The Morgan fingerprint density at radius 2 is 2.09 bits per heavy atom. The highest BCUT2D eigenvalue weighted by atomic mass is 16.5. The molecule has 0 aliphatic carbocycles. The zero-order chi connectivity index (χ0) is 16.8. The number of carbonyl (C=O) groups is 2. The topological polar surface area (TPSA) is 64.6 Å². The van der Waals surface area contributed by atoms with E-state index < -0.39 is 12.0 Å². The average Bonchev–Trinajstić information content (AvgIpc) is 2.56. The third-order valence-corrected chi connectivity index (χ3v) is 3.87. The highest BCUT2D eigenvalue weighted by Crippen LogP contribution is 2.27. The van der Waals surface area contributed by atoms with Crippen molar-refractivity contribution in [2.24, 2.45) is 5.92 Å². The van der Waals surface area contributed by atoms with E-state index >= 15 is 0 Å². The molecule has 2 atom stereocenters. The van der Waals surface area contributed by atoms with Gasteiger partial charge in [-0.1, -0.05) is 38.1 Å². The molecule has 124 valence electrons. The number of rotatable bonds is 5. The fourth-order valence-electron chi connectivity index (χ4n) is 2.59. The molecule has 5 heteroatoms. The molecule has 1 aromatic carbocycles. The molecular weight excluding hydrogens is 294 g/mol. The maximum atomic E-state index is 12.1. The second-order valence-corrected chi connectivity index (χ2v) is 5.85. The van der Waals surface area contributed by atoms with Crippen LogP contribution in [0.2, 0.25) is 0 Å². The van der Waals surface area contributed by atoms with Gasteiger partial charge < -0.3 is 14.8 Å². The maximum absolute atomic E-state index is 12.1. The van der Waals surface area contributed by atoms with E-state index in [1.54, 1.807) is 6.08 Å². The van der Waals surface area contributed by atoms with E-state index in [-0.39, 0.29) is 17.9 Å². The van der Waals surface area contributed by atoms with Crippen molar-refractivity contribution in [1.82, 2.24) is 5.32 Å². The zero-order valence-electron chi connectivity index (χ0n) is 13.7. The summed E-state index contributed by atoms with van der Waals surface area (Å²) in [4.78, 5) is 23.7. The minimum Gasteiger partial charge on any atom is -0.467 e. The minimum atomic E-state index is -0.656. The third-order valence-electron chi connectivity index (χ3n) is 3.87. The van der Waals surface area contributed by atoms with Crippen LogP contribution in [0.5, 0.6) is 0 Å². The Balaban J connectivity index is 2.03. The molecule has 1 heterocycles.